The summed E-state index contributed by atoms with van der Waals surface area (Å²) in [6.07, 6.45) is 2.40. The fraction of sp³-hybridized carbons (Fsp3) is 0.278. The molecule has 23 heavy (non-hydrogen) atoms. The van der Waals surface area contributed by atoms with E-state index in [-0.39, 0.29) is 17.2 Å². The molecular weight excluding hydrogens is 294 g/mol. The molecule has 0 saturated heterocycles. The average Bonchev–Trinajstić information content (AvgIpc) is 3.01. The van der Waals surface area contributed by atoms with E-state index in [2.05, 4.69) is 0 Å². The van der Waals surface area contributed by atoms with Crippen molar-refractivity contribution >= 4 is 11.5 Å². The predicted molar refractivity (Wildman–Crippen MR) is 86.0 cm³/mol. The summed E-state index contributed by atoms with van der Waals surface area (Å²) in [5.74, 6) is -0.0580. The van der Waals surface area contributed by atoms with Crippen molar-refractivity contribution in [2.75, 3.05) is 0 Å². The summed E-state index contributed by atoms with van der Waals surface area (Å²) in [5.41, 5.74) is 2.97. The molecule has 0 radical (unpaired) electrons. The molecule has 118 valence electrons. The Hall–Kier alpha value is -2.69. The van der Waals surface area contributed by atoms with Gasteiger partial charge >= 0.3 is 5.69 Å². The number of hydrogen-bond donors (Lipinski definition) is 0. The highest BCUT2D eigenvalue weighted by atomic mass is 16.6. The summed E-state index contributed by atoms with van der Waals surface area (Å²) >= 11 is 0. The molecule has 0 heterocycles. The third-order valence-corrected chi connectivity index (χ3v) is 4.12. The van der Waals surface area contributed by atoms with Gasteiger partial charge in [-0.3, -0.25) is 14.9 Å². The molecule has 1 atom stereocenters. The summed E-state index contributed by atoms with van der Waals surface area (Å²) in [7, 11) is 0. The first-order valence-electron chi connectivity index (χ1n) is 7.62. The zero-order valence-corrected chi connectivity index (χ0v) is 12.8. The number of rotatable bonds is 5. The van der Waals surface area contributed by atoms with E-state index < -0.39 is 11.0 Å². The topological polar surface area (TPSA) is 69.4 Å². The second-order valence-corrected chi connectivity index (χ2v) is 5.69. The van der Waals surface area contributed by atoms with Crippen LogP contribution in [-0.2, 0) is 12.8 Å². The molecule has 3 rings (SSSR count). The smallest absolute Gasteiger partial charge is 0.310 e. The van der Waals surface area contributed by atoms with Gasteiger partial charge in [-0.05, 0) is 49.4 Å². The number of ether oxygens (including phenoxy) is 1. The zero-order chi connectivity index (χ0) is 16.4. The number of para-hydroxylation sites is 2. The van der Waals surface area contributed by atoms with Gasteiger partial charge < -0.3 is 4.74 Å². The maximum atomic E-state index is 12.5. The van der Waals surface area contributed by atoms with Crippen LogP contribution in [0, 0.1) is 10.1 Å². The van der Waals surface area contributed by atoms with Crippen molar-refractivity contribution in [3.05, 3.63) is 69.3 Å². The molecule has 2 aromatic carbocycles. The number of benzene rings is 2. The largest absolute Gasteiger partial charge is 0.475 e. The van der Waals surface area contributed by atoms with E-state index >= 15 is 0 Å². The molecule has 2 aromatic rings. The van der Waals surface area contributed by atoms with Crippen LogP contribution in [0.4, 0.5) is 5.69 Å². The molecule has 0 aromatic heterocycles. The number of nitrogens with zero attached hydrogens (tertiary/aromatic N) is 1. The number of fused-ring (bicyclic) bond motifs is 1. The third kappa shape index (κ3) is 3.08. The molecule has 0 spiro atoms. The van der Waals surface area contributed by atoms with Crippen LogP contribution in [0.1, 0.15) is 34.8 Å². The maximum absolute atomic E-state index is 12.5. The van der Waals surface area contributed by atoms with Crippen molar-refractivity contribution < 1.29 is 14.5 Å². The lowest BCUT2D eigenvalue weighted by atomic mass is 10.0. The molecule has 0 fully saturated rings. The number of Topliss-reactive ketones (excluding diaryl/α,β-unsaturated/α-hetero) is 1. The lowest BCUT2D eigenvalue weighted by Crippen LogP contribution is -2.24. The Kier molecular flexibility index (Phi) is 4.10. The molecule has 1 aliphatic carbocycles. The van der Waals surface area contributed by atoms with E-state index in [9.17, 15) is 14.9 Å². The Labute approximate surface area is 134 Å². The van der Waals surface area contributed by atoms with Crippen LogP contribution in [0.25, 0.3) is 0 Å². The third-order valence-electron chi connectivity index (χ3n) is 4.12. The van der Waals surface area contributed by atoms with Gasteiger partial charge in [-0.2, -0.15) is 0 Å². The van der Waals surface area contributed by atoms with E-state index in [1.54, 1.807) is 19.1 Å². The Bertz CT molecular complexity index is 769. The van der Waals surface area contributed by atoms with Crippen molar-refractivity contribution in [1.82, 2.24) is 0 Å². The minimum absolute atomic E-state index is 0.111. The highest BCUT2D eigenvalue weighted by Crippen LogP contribution is 2.28. The molecular formula is C18H17NO4. The van der Waals surface area contributed by atoms with E-state index in [0.29, 0.717) is 5.56 Å². The number of carbonyl (C=O) groups excluding carboxylic acids is 1. The first kappa shape index (κ1) is 15.2. The van der Waals surface area contributed by atoms with Gasteiger partial charge in [0.05, 0.1) is 4.92 Å². The van der Waals surface area contributed by atoms with Gasteiger partial charge in [-0.1, -0.05) is 24.3 Å². The van der Waals surface area contributed by atoms with Crippen LogP contribution in [0.5, 0.6) is 5.75 Å². The van der Waals surface area contributed by atoms with Crippen LogP contribution < -0.4 is 4.74 Å². The summed E-state index contributed by atoms with van der Waals surface area (Å²) < 4.78 is 5.55. The minimum Gasteiger partial charge on any atom is -0.475 e. The van der Waals surface area contributed by atoms with E-state index in [4.69, 9.17) is 4.74 Å². The Balaban J connectivity index is 1.79. The van der Waals surface area contributed by atoms with Gasteiger partial charge in [0, 0.05) is 11.6 Å². The molecule has 0 aliphatic heterocycles. The lowest BCUT2D eigenvalue weighted by Gasteiger charge is -2.14. The van der Waals surface area contributed by atoms with Crippen LogP contribution in [0.15, 0.2) is 42.5 Å². The Morgan fingerprint density at radius 2 is 1.91 bits per heavy atom. The highest BCUT2D eigenvalue weighted by Gasteiger charge is 2.23. The molecule has 0 amide bonds. The number of nitro benzene ring substituents is 1. The Morgan fingerprint density at radius 3 is 2.70 bits per heavy atom. The standard InChI is InChI=1S/C18H17NO4/c1-12(23-17-8-3-2-7-16(17)19(21)22)18(20)15-10-9-13-5-4-6-14(13)11-15/h2-3,7-12H,4-6H2,1H3. The fourth-order valence-corrected chi connectivity index (χ4v) is 2.91. The first-order valence-corrected chi connectivity index (χ1v) is 7.62. The van der Waals surface area contributed by atoms with Crippen molar-refractivity contribution in [1.29, 1.82) is 0 Å². The lowest BCUT2D eigenvalue weighted by molar-refractivity contribution is -0.386. The van der Waals surface area contributed by atoms with Crippen molar-refractivity contribution in [2.24, 2.45) is 0 Å². The quantitative estimate of drug-likeness (QED) is 0.479. The SMILES string of the molecule is CC(Oc1ccccc1[N+](=O)[O-])C(=O)c1ccc2c(c1)CCC2. The maximum Gasteiger partial charge on any atom is 0.310 e. The molecule has 0 saturated carbocycles. The van der Waals surface area contributed by atoms with Crippen LogP contribution in [0.2, 0.25) is 0 Å². The van der Waals surface area contributed by atoms with E-state index in [1.807, 2.05) is 18.2 Å². The van der Waals surface area contributed by atoms with Gasteiger partial charge in [-0.15, -0.1) is 0 Å². The second-order valence-electron chi connectivity index (χ2n) is 5.69. The number of aryl methyl sites for hydroxylation is 2. The molecule has 1 aliphatic rings. The normalized spacial score (nSPS) is 14.1. The number of carbonyl (C=O) groups is 1. The van der Waals surface area contributed by atoms with Gasteiger partial charge in [0.2, 0.25) is 5.78 Å². The molecule has 5 heteroatoms. The number of hydrogen-bond acceptors (Lipinski definition) is 4. The van der Waals surface area contributed by atoms with E-state index in [1.165, 1.54) is 23.3 Å². The first-order chi connectivity index (χ1) is 11.1. The molecule has 1 unspecified atom stereocenters. The van der Waals surface area contributed by atoms with Gasteiger partial charge in [0.1, 0.15) is 0 Å². The zero-order valence-electron chi connectivity index (χ0n) is 12.8. The summed E-state index contributed by atoms with van der Waals surface area (Å²) in [4.78, 5) is 23.0. The van der Waals surface area contributed by atoms with E-state index in [0.717, 1.165) is 19.3 Å². The molecule has 5 nitrogen and oxygen atoms in total. The predicted octanol–water partition coefficient (Wildman–Crippen LogP) is 3.73. The van der Waals surface area contributed by atoms with Gasteiger partial charge in [-0.25, -0.2) is 0 Å². The average molecular weight is 311 g/mol. The fourth-order valence-electron chi connectivity index (χ4n) is 2.91. The van der Waals surface area contributed by atoms with Crippen molar-refractivity contribution in [2.45, 2.75) is 32.3 Å². The molecule has 0 bridgehead atoms. The summed E-state index contributed by atoms with van der Waals surface area (Å²) in [6.45, 7) is 1.62. The van der Waals surface area contributed by atoms with Crippen LogP contribution >= 0.6 is 0 Å². The van der Waals surface area contributed by atoms with Crippen LogP contribution in [0.3, 0.4) is 0 Å². The number of ketones is 1. The second kappa shape index (κ2) is 6.20. The number of nitro groups is 1. The monoisotopic (exact) mass is 311 g/mol. The summed E-state index contributed by atoms with van der Waals surface area (Å²) in [5, 5.41) is 11.0. The molecule has 0 N–H and O–H groups in total. The van der Waals surface area contributed by atoms with Gasteiger partial charge in [0.15, 0.2) is 11.9 Å². The van der Waals surface area contributed by atoms with Crippen molar-refractivity contribution in [3.8, 4) is 5.75 Å². The minimum atomic E-state index is -0.782. The van der Waals surface area contributed by atoms with Gasteiger partial charge in [0.25, 0.3) is 0 Å². The highest BCUT2D eigenvalue weighted by molar-refractivity contribution is 5.99. The van der Waals surface area contributed by atoms with Crippen molar-refractivity contribution in [3.63, 3.8) is 0 Å². The van der Waals surface area contributed by atoms with Crippen LogP contribution in [-0.4, -0.2) is 16.8 Å². The Morgan fingerprint density at radius 1 is 1.17 bits per heavy atom. The summed E-state index contributed by atoms with van der Waals surface area (Å²) in [6, 6.07) is 11.8.